The summed E-state index contributed by atoms with van der Waals surface area (Å²) in [6.07, 6.45) is -0.416. The van der Waals surface area contributed by atoms with Crippen molar-refractivity contribution in [1.82, 2.24) is 15.1 Å². The van der Waals surface area contributed by atoms with Gasteiger partial charge in [0, 0.05) is 85.6 Å². The number of imide groups is 2. The van der Waals surface area contributed by atoms with E-state index < -0.39 is 47.3 Å². The van der Waals surface area contributed by atoms with Crippen molar-refractivity contribution in [3.05, 3.63) is 88.0 Å². The second kappa shape index (κ2) is 14.7. The zero-order valence-electron chi connectivity index (χ0n) is 33.9. The van der Waals surface area contributed by atoms with Crippen LogP contribution in [0.5, 0.6) is 0 Å². The highest BCUT2D eigenvalue weighted by Gasteiger charge is 2.49. The summed E-state index contributed by atoms with van der Waals surface area (Å²) in [5.41, 5.74) is 2.18. The molecule has 1 atom stereocenters. The van der Waals surface area contributed by atoms with E-state index in [1.54, 1.807) is 30.3 Å². The molecule has 16 heteroatoms. The number of alkyl halides is 3. The molecule has 7 aliphatic rings. The molecular formula is C46H44F3N7O6. The van der Waals surface area contributed by atoms with Crippen LogP contribution in [0, 0.1) is 28.6 Å². The molecule has 3 aromatic carbocycles. The molecule has 3 aromatic rings. The van der Waals surface area contributed by atoms with Gasteiger partial charge in [0.15, 0.2) is 0 Å². The van der Waals surface area contributed by atoms with Crippen molar-refractivity contribution in [3.63, 3.8) is 0 Å². The molecule has 1 unspecified atom stereocenters. The summed E-state index contributed by atoms with van der Waals surface area (Å²) >= 11 is 0. The quantitative estimate of drug-likeness (QED) is 0.311. The Kier molecular flexibility index (Phi) is 9.45. The maximum atomic E-state index is 14.6. The SMILES string of the molecule is N#CC1CC(c2cccc(N3Cc4c(cc(N5CC6(CCN(C(=O)C7CCN(c8ccc9c(c8)C(=O)N(C8CCC(=O)NC8=O)C9=O)CC7)CC6)C5)cc4C(F)(F)F)C3=O)c2)C1. The number of benzene rings is 3. The molecule has 0 bridgehead atoms. The summed E-state index contributed by atoms with van der Waals surface area (Å²) in [7, 11) is 0. The van der Waals surface area contributed by atoms with Gasteiger partial charge >= 0.3 is 6.18 Å². The number of nitriles is 1. The number of piperidine rings is 3. The van der Waals surface area contributed by atoms with Crippen LogP contribution in [0.3, 0.4) is 0 Å². The van der Waals surface area contributed by atoms with Crippen molar-refractivity contribution in [2.24, 2.45) is 17.3 Å². The monoisotopic (exact) mass is 847 g/mol. The third kappa shape index (κ3) is 6.67. The molecule has 13 nitrogen and oxygen atoms in total. The predicted octanol–water partition coefficient (Wildman–Crippen LogP) is 5.63. The molecule has 5 fully saturated rings. The van der Waals surface area contributed by atoms with E-state index in [0.29, 0.717) is 63.5 Å². The van der Waals surface area contributed by atoms with Crippen LogP contribution < -0.4 is 20.0 Å². The Morgan fingerprint density at radius 3 is 2.18 bits per heavy atom. The van der Waals surface area contributed by atoms with Gasteiger partial charge in [-0.15, -0.1) is 0 Å². The van der Waals surface area contributed by atoms with Crippen molar-refractivity contribution in [2.75, 3.05) is 54.0 Å². The van der Waals surface area contributed by atoms with Crippen LogP contribution in [0.4, 0.5) is 30.2 Å². The number of hydrogen-bond donors (Lipinski definition) is 1. The van der Waals surface area contributed by atoms with Crippen LogP contribution >= 0.6 is 0 Å². The number of nitrogens with one attached hydrogen (secondary N) is 1. The number of fused-ring (bicyclic) bond motifs is 2. The number of carbonyl (C=O) groups excluding carboxylic acids is 6. The van der Waals surface area contributed by atoms with Crippen LogP contribution in [-0.4, -0.2) is 90.6 Å². The molecule has 1 aliphatic carbocycles. The Balaban J connectivity index is 0.743. The van der Waals surface area contributed by atoms with E-state index in [1.165, 1.54) is 11.0 Å². The van der Waals surface area contributed by atoms with Crippen molar-refractivity contribution in [1.29, 1.82) is 5.26 Å². The molecule has 62 heavy (non-hydrogen) atoms. The van der Waals surface area contributed by atoms with Crippen LogP contribution in [0.2, 0.25) is 0 Å². The molecule has 6 aliphatic heterocycles. The molecule has 10 rings (SSSR count). The third-order valence-electron chi connectivity index (χ3n) is 14.5. The van der Waals surface area contributed by atoms with Crippen LogP contribution in [-0.2, 0) is 27.1 Å². The molecule has 0 radical (unpaired) electrons. The molecule has 0 aromatic heterocycles. The lowest BCUT2D eigenvalue weighted by Gasteiger charge is -2.55. The molecular weight excluding hydrogens is 804 g/mol. The number of anilines is 3. The normalized spacial score (nSPS) is 24.8. The van der Waals surface area contributed by atoms with Gasteiger partial charge in [-0.3, -0.25) is 39.0 Å². The molecule has 320 valence electrons. The van der Waals surface area contributed by atoms with Crippen molar-refractivity contribution < 1.29 is 41.9 Å². The molecule has 6 heterocycles. The van der Waals surface area contributed by atoms with E-state index in [2.05, 4.69) is 16.3 Å². The lowest BCUT2D eigenvalue weighted by Crippen LogP contribution is -2.61. The second-order valence-electron chi connectivity index (χ2n) is 18.1. The molecule has 1 N–H and O–H groups in total. The van der Waals surface area contributed by atoms with Gasteiger partial charge in [-0.2, -0.15) is 18.4 Å². The summed E-state index contributed by atoms with van der Waals surface area (Å²) in [5.74, 6) is -2.58. The average molecular weight is 848 g/mol. The topological polar surface area (TPSA) is 154 Å². The van der Waals surface area contributed by atoms with Gasteiger partial charge in [0.25, 0.3) is 17.7 Å². The van der Waals surface area contributed by atoms with Gasteiger partial charge in [-0.1, -0.05) is 12.1 Å². The molecule has 4 saturated heterocycles. The molecule has 6 amide bonds. The van der Waals surface area contributed by atoms with Gasteiger partial charge in [-0.25, -0.2) is 0 Å². The van der Waals surface area contributed by atoms with Gasteiger partial charge in [-0.05, 0) is 104 Å². The second-order valence-corrected chi connectivity index (χ2v) is 18.1. The lowest BCUT2D eigenvalue weighted by atomic mass is 9.71. The average Bonchev–Trinajstić information content (AvgIpc) is 3.70. The van der Waals surface area contributed by atoms with E-state index in [0.717, 1.165) is 41.8 Å². The van der Waals surface area contributed by atoms with E-state index in [9.17, 15) is 47.2 Å². The van der Waals surface area contributed by atoms with E-state index in [1.807, 2.05) is 28.0 Å². The summed E-state index contributed by atoms with van der Waals surface area (Å²) in [5, 5.41) is 11.4. The number of amides is 6. The number of carbonyl (C=O) groups is 6. The number of nitrogens with zero attached hydrogens (tertiary/aromatic N) is 6. The fraction of sp³-hybridized carbons (Fsp3) is 0.457. The first-order valence-electron chi connectivity index (χ1n) is 21.4. The summed E-state index contributed by atoms with van der Waals surface area (Å²) < 4.78 is 43.8. The fourth-order valence-electron chi connectivity index (χ4n) is 10.7. The van der Waals surface area contributed by atoms with Gasteiger partial charge in [0.1, 0.15) is 6.04 Å². The molecule has 1 saturated carbocycles. The van der Waals surface area contributed by atoms with Gasteiger partial charge in [0.05, 0.1) is 29.3 Å². The Bertz CT molecular complexity index is 2490. The predicted molar refractivity (Wildman–Crippen MR) is 218 cm³/mol. The number of halogens is 3. The highest BCUT2D eigenvalue weighted by Crippen LogP contribution is 2.48. The first kappa shape index (κ1) is 39.9. The van der Waals surface area contributed by atoms with Crippen LogP contribution in [0.1, 0.15) is 105 Å². The summed E-state index contributed by atoms with van der Waals surface area (Å²) in [6, 6.07) is 16.4. The summed E-state index contributed by atoms with van der Waals surface area (Å²) in [4.78, 5) is 86.4. The highest BCUT2D eigenvalue weighted by atomic mass is 19.4. The van der Waals surface area contributed by atoms with Crippen molar-refractivity contribution in [2.45, 2.75) is 76.0 Å². The number of rotatable bonds is 6. The Hall–Kier alpha value is -6.24. The maximum Gasteiger partial charge on any atom is 0.416 e. The van der Waals surface area contributed by atoms with Crippen LogP contribution in [0.15, 0.2) is 54.6 Å². The number of hydrogen-bond acceptors (Lipinski definition) is 9. The zero-order chi connectivity index (χ0) is 43.2. The fourth-order valence-corrected chi connectivity index (χ4v) is 10.7. The lowest BCUT2D eigenvalue weighted by molar-refractivity contribution is -0.139. The third-order valence-corrected chi connectivity index (χ3v) is 14.5. The smallest absolute Gasteiger partial charge is 0.371 e. The van der Waals surface area contributed by atoms with E-state index in [4.69, 9.17) is 0 Å². The first-order valence-corrected chi connectivity index (χ1v) is 21.4. The Morgan fingerprint density at radius 1 is 0.774 bits per heavy atom. The van der Waals surface area contributed by atoms with Gasteiger partial charge < -0.3 is 19.6 Å². The minimum atomic E-state index is -4.65. The minimum absolute atomic E-state index is 0.00108. The molecule has 1 spiro atoms. The minimum Gasteiger partial charge on any atom is -0.371 e. The zero-order valence-corrected chi connectivity index (χ0v) is 33.9. The number of likely N-dealkylation sites (tertiary alicyclic amines) is 1. The van der Waals surface area contributed by atoms with Crippen molar-refractivity contribution in [3.8, 4) is 6.07 Å². The van der Waals surface area contributed by atoms with Crippen molar-refractivity contribution >= 4 is 52.5 Å². The Labute approximate surface area is 355 Å². The van der Waals surface area contributed by atoms with Gasteiger partial charge in [0.2, 0.25) is 17.7 Å². The summed E-state index contributed by atoms with van der Waals surface area (Å²) in [6.45, 7) is 3.15. The maximum absolute atomic E-state index is 14.6. The standard InChI is InChI=1S/C46H44F3N7O6/c47-46(48,49)37-21-32(20-35-36(37)23-55(42(35)60)31-3-1-2-28(18-31)29-16-26(17-29)22-50)54-24-45(25-54)10-14-53(15-11-45)41(59)27-8-12-52(13-9-27)30-4-5-33-34(19-30)44(62)56(43(33)61)38-6-7-39(57)51-40(38)58/h1-5,18-21,26-27,29,38H,6-17,23-25H2,(H,51,57,58). The Morgan fingerprint density at radius 2 is 1.48 bits per heavy atom. The first-order chi connectivity index (χ1) is 29.7. The van der Waals surface area contributed by atoms with E-state index >= 15 is 0 Å². The van der Waals surface area contributed by atoms with E-state index in [-0.39, 0.29) is 70.7 Å². The van der Waals surface area contributed by atoms with Crippen LogP contribution in [0.25, 0.3) is 0 Å². The highest BCUT2D eigenvalue weighted by molar-refractivity contribution is 6.23. The largest absolute Gasteiger partial charge is 0.416 e.